The Labute approximate surface area is 208 Å². The lowest BCUT2D eigenvalue weighted by atomic mass is 10.1. The molecule has 1 aromatic carbocycles. The van der Waals surface area contributed by atoms with Crippen molar-refractivity contribution in [3.05, 3.63) is 48.0 Å². The van der Waals surface area contributed by atoms with Crippen LogP contribution in [0.4, 0.5) is 11.6 Å². The van der Waals surface area contributed by atoms with E-state index in [-0.39, 0.29) is 5.91 Å². The Balaban J connectivity index is 1.03. The minimum absolute atomic E-state index is 0.264. The molecule has 1 unspecified atom stereocenters. The van der Waals surface area contributed by atoms with Crippen molar-refractivity contribution in [2.24, 2.45) is 0 Å². The van der Waals surface area contributed by atoms with Gasteiger partial charge in [0.15, 0.2) is 11.6 Å². The Morgan fingerprint density at radius 2 is 1.51 bits per heavy atom. The van der Waals surface area contributed by atoms with Crippen LogP contribution in [0.2, 0.25) is 0 Å². The number of hydrogen-bond donors (Lipinski definition) is 0. The van der Waals surface area contributed by atoms with Crippen LogP contribution >= 0.6 is 0 Å². The van der Waals surface area contributed by atoms with Crippen LogP contribution in [0.3, 0.4) is 0 Å². The van der Waals surface area contributed by atoms with Crippen molar-refractivity contribution in [1.29, 1.82) is 0 Å². The molecule has 3 saturated heterocycles. The maximum atomic E-state index is 12.6. The van der Waals surface area contributed by atoms with Crippen LogP contribution in [-0.2, 0) is 16.0 Å². The Bertz CT molecular complexity index is 918. The van der Waals surface area contributed by atoms with E-state index in [1.165, 1.54) is 18.4 Å². The summed E-state index contributed by atoms with van der Waals surface area (Å²) in [7, 11) is 0. The van der Waals surface area contributed by atoms with E-state index in [4.69, 9.17) is 4.74 Å². The molecule has 35 heavy (non-hydrogen) atoms. The van der Waals surface area contributed by atoms with E-state index in [9.17, 15) is 4.79 Å². The van der Waals surface area contributed by atoms with Gasteiger partial charge in [-0.25, -0.2) is 0 Å². The molecule has 5 rings (SSSR count). The highest BCUT2D eigenvalue weighted by molar-refractivity contribution is 5.76. The fraction of sp³-hybridized carbons (Fsp3) is 0.593. The first-order chi connectivity index (χ1) is 17.2. The third-order valence-electron chi connectivity index (χ3n) is 7.47. The highest BCUT2D eigenvalue weighted by Gasteiger charge is 2.25. The first kappa shape index (κ1) is 24.0. The molecule has 188 valence electrons. The van der Waals surface area contributed by atoms with E-state index in [1.54, 1.807) is 0 Å². The number of hydrogen-bond acceptors (Lipinski definition) is 7. The molecule has 8 nitrogen and oxygen atoms in total. The Morgan fingerprint density at radius 3 is 2.11 bits per heavy atom. The van der Waals surface area contributed by atoms with Gasteiger partial charge in [-0.1, -0.05) is 30.3 Å². The van der Waals surface area contributed by atoms with E-state index in [0.29, 0.717) is 12.5 Å². The molecule has 0 spiro atoms. The number of nitrogens with zero attached hydrogens (tertiary/aromatic N) is 6. The third-order valence-corrected chi connectivity index (χ3v) is 7.47. The number of anilines is 2. The molecular weight excluding hydrogens is 440 g/mol. The summed E-state index contributed by atoms with van der Waals surface area (Å²) in [6.45, 7) is 9.14. The van der Waals surface area contributed by atoms with Gasteiger partial charge in [0.1, 0.15) is 0 Å². The van der Waals surface area contributed by atoms with Crippen molar-refractivity contribution < 1.29 is 9.53 Å². The monoisotopic (exact) mass is 478 g/mol. The topological polar surface area (TPSA) is 65.0 Å². The Kier molecular flexibility index (Phi) is 8.10. The average Bonchev–Trinajstić information content (AvgIpc) is 3.43. The van der Waals surface area contributed by atoms with Crippen LogP contribution in [0.25, 0.3) is 0 Å². The number of rotatable bonds is 8. The zero-order valence-electron chi connectivity index (χ0n) is 20.7. The highest BCUT2D eigenvalue weighted by Crippen LogP contribution is 2.20. The van der Waals surface area contributed by atoms with Gasteiger partial charge in [-0.05, 0) is 43.4 Å². The largest absolute Gasteiger partial charge is 0.377 e. The van der Waals surface area contributed by atoms with E-state index in [2.05, 4.69) is 61.3 Å². The second-order valence-electron chi connectivity index (χ2n) is 9.88. The van der Waals surface area contributed by atoms with E-state index in [0.717, 1.165) is 90.0 Å². The van der Waals surface area contributed by atoms with Gasteiger partial charge in [0.05, 0.1) is 6.10 Å². The Hall–Kier alpha value is -2.71. The number of aromatic nitrogens is 2. The van der Waals surface area contributed by atoms with Gasteiger partial charge in [0.25, 0.3) is 0 Å². The van der Waals surface area contributed by atoms with Crippen LogP contribution in [0.1, 0.15) is 31.2 Å². The second-order valence-corrected chi connectivity index (χ2v) is 9.88. The molecule has 2 aromatic rings. The third kappa shape index (κ3) is 6.49. The van der Waals surface area contributed by atoms with Gasteiger partial charge in [-0.3, -0.25) is 9.69 Å². The molecule has 3 fully saturated rings. The summed E-state index contributed by atoms with van der Waals surface area (Å²) in [5.74, 6) is 2.13. The zero-order valence-corrected chi connectivity index (χ0v) is 20.7. The predicted octanol–water partition coefficient (Wildman–Crippen LogP) is 2.45. The Morgan fingerprint density at radius 1 is 0.857 bits per heavy atom. The van der Waals surface area contributed by atoms with E-state index >= 15 is 0 Å². The van der Waals surface area contributed by atoms with Crippen LogP contribution < -0.4 is 9.80 Å². The molecule has 3 aliphatic rings. The van der Waals surface area contributed by atoms with Crippen LogP contribution in [-0.4, -0.2) is 97.5 Å². The van der Waals surface area contributed by atoms with Gasteiger partial charge in [0, 0.05) is 71.9 Å². The van der Waals surface area contributed by atoms with Crippen molar-refractivity contribution in [2.45, 2.75) is 38.2 Å². The van der Waals surface area contributed by atoms with E-state index in [1.807, 2.05) is 11.0 Å². The standard InChI is InChI=1S/C27H38N6O2/c34-27(10-4-8-23-6-2-1-3-7-23)33-19-17-32(18-20-33)26-12-11-25(28-29-26)31-15-13-30(14-16-31)22-24-9-5-21-35-24/h1-3,6-7,11-12,24H,4-5,8-10,13-22H2. The number of benzene rings is 1. The summed E-state index contributed by atoms with van der Waals surface area (Å²) in [6.07, 6.45) is 5.29. The van der Waals surface area contributed by atoms with Crippen molar-refractivity contribution >= 4 is 17.5 Å². The SMILES string of the molecule is O=C(CCCc1ccccc1)N1CCN(c2ccc(N3CCN(CC4CCCO4)CC3)nn2)CC1. The molecule has 0 aliphatic carbocycles. The quantitative estimate of drug-likeness (QED) is 0.577. The van der Waals surface area contributed by atoms with Crippen molar-refractivity contribution in [2.75, 3.05) is 75.3 Å². The summed E-state index contributed by atoms with van der Waals surface area (Å²) < 4.78 is 5.79. The van der Waals surface area contributed by atoms with Crippen LogP contribution in [0.15, 0.2) is 42.5 Å². The second kappa shape index (κ2) is 11.8. The summed E-state index contributed by atoms with van der Waals surface area (Å²) in [5.41, 5.74) is 1.30. The predicted molar refractivity (Wildman–Crippen MR) is 138 cm³/mol. The molecule has 0 N–H and O–H groups in total. The lowest BCUT2D eigenvalue weighted by Crippen LogP contribution is -2.49. The average molecular weight is 479 g/mol. The molecule has 8 heteroatoms. The number of piperazine rings is 2. The molecule has 1 amide bonds. The number of amides is 1. The zero-order chi connectivity index (χ0) is 23.9. The first-order valence-electron chi connectivity index (χ1n) is 13.2. The number of carbonyl (C=O) groups is 1. The molecule has 0 saturated carbocycles. The maximum Gasteiger partial charge on any atom is 0.222 e. The smallest absolute Gasteiger partial charge is 0.222 e. The van der Waals surface area contributed by atoms with Gasteiger partial charge in [-0.2, -0.15) is 0 Å². The van der Waals surface area contributed by atoms with Gasteiger partial charge in [-0.15, -0.1) is 10.2 Å². The number of carbonyl (C=O) groups excluding carboxylic acids is 1. The van der Waals surface area contributed by atoms with Crippen LogP contribution in [0, 0.1) is 0 Å². The van der Waals surface area contributed by atoms with Gasteiger partial charge >= 0.3 is 0 Å². The number of aryl methyl sites for hydroxylation is 1. The normalized spacial score (nSPS) is 21.5. The summed E-state index contributed by atoms with van der Waals surface area (Å²) in [4.78, 5) is 21.7. The highest BCUT2D eigenvalue weighted by atomic mass is 16.5. The molecule has 0 radical (unpaired) electrons. The molecule has 0 bridgehead atoms. The molecular formula is C27H38N6O2. The van der Waals surface area contributed by atoms with E-state index < -0.39 is 0 Å². The molecule has 3 aliphatic heterocycles. The van der Waals surface area contributed by atoms with Crippen LogP contribution in [0.5, 0.6) is 0 Å². The first-order valence-corrected chi connectivity index (χ1v) is 13.2. The lowest BCUT2D eigenvalue weighted by Gasteiger charge is -2.37. The fourth-order valence-corrected chi connectivity index (χ4v) is 5.32. The summed E-state index contributed by atoms with van der Waals surface area (Å²) in [5, 5.41) is 9.07. The molecule has 1 aromatic heterocycles. The minimum Gasteiger partial charge on any atom is -0.377 e. The lowest BCUT2D eigenvalue weighted by molar-refractivity contribution is -0.131. The molecule has 4 heterocycles. The summed E-state index contributed by atoms with van der Waals surface area (Å²) >= 11 is 0. The number of ether oxygens (including phenoxy) is 1. The minimum atomic E-state index is 0.264. The van der Waals surface area contributed by atoms with Crippen molar-refractivity contribution in [3.8, 4) is 0 Å². The summed E-state index contributed by atoms with van der Waals surface area (Å²) in [6, 6.07) is 14.6. The van der Waals surface area contributed by atoms with Crippen molar-refractivity contribution in [3.63, 3.8) is 0 Å². The van der Waals surface area contributed by atoms with Gasteiger partial charge < -0.3 is 19.4 Å². The fourth-order valence-electron chi connectivity index (χ4n) is 5.32. The van der Waals surface area contributed by atoms with Gasteiger partial charge in [0.2, 0.25) is 5.91 Å². The van der Waals surface area contributed by atoms with Crippen molar-refractivity contribution in [1.82, 2.24) is 20.0 Å². The molecule has 1 atom stereocenters. The maximum absolute atomic E-state index is 12.6.